The van der Waals surface area contributed by atoms with E-state index in [2.05, 4.69) is 0 Å². The highest BCUT2D eigenvalue weighted by atomic mass is 19.4. The summed E-state index contributed by atoms with van der Waals surface area (Å²) in [5.74, 6) is -0.0214. The van der Waals surface area contributed by atoms with E-state index in [1.807, 2.05) is 11.8 Å². The Morgan fingerprint density at radius 2 is 1.91 bits per heavy atom. The number of nitrogens with zero attached hydrogens (tertiary/aromatic N) is 2. The van der Waals surface area contributed by atoms with Crippen molar-refractivity contribution in [3.63, 3.8) is 0 Å². The summed E-state index contributed by atoms with van der Waals surface area (Å²) in [6, 6.07) is 3.91. The first-order valence-corrected chi connectivity index (χ1v) is 7.57. The van der Waals surface area contributed by atoms with Crippen LogP contribution in [0.3, 0.4) is 0 Å². The smallest absolute Gasteiger partial charge is 0.390 e. The molecule has 0 unspecified atom stereocenters. The lowest BCUT2D eigenvalue weighted by molar-refractivity contribution is -0.137. The zero-order chi connectivity index (χ0) is 17.6. The van der Waals surface area contributed by atoms with Gasteiger partial charge in [-0.15, -0.1) is 0 Å². The lowest BCUT2D eigenvalue weighted by Crippen LogP contribution is -2.40. The minimum Gasteiger partial charge on any atom is -0.390 e. The monoisotopic (exact) mass is 326 g/mol. The zero-order valence-corrected chi connectivity index (χ0v) is 13.7. The summed E-state index contributed by atoms with van der Waals surface area (Å²) in [5, 5.41) is 19.2. The summed E-state index contributed by atoms with van der Waals surface area (Å²) in [6.45, 7) is 7.66. The topological polar surface area (TPSA) is 47.3 Å². The third-order valence-electron chi connectivity index (χ3n) is 4.73. The number of nitriles is 1. The molecule has 1 aliphatic rings. The molecule has 1 aromatic rings. The lowest BCUT2D eigenvalue weighted by Gasteiger charge is -2.34. The molecule has 23 heavy (non-hydrogen) atoms. The highest BCUT2D eigenvalue weighted by Crippen LogP contribution is 2.40. The molecule has 1 aromatic carbocycles. The standard InChI is InChI=1S/C17H21F3N2O/c1-10-7-12(9-21)14(17(18,19)20)8-15(10)22-6-5-13(11(22)2)16(3,4)23/h7-8,11,13,23H,5-6H2,1-4H3/t11-,13-/m0/s1. The van der Waals surface area contributed by atoms with Crippen molar-refractivity contribution in [3.05, 3.63) is 28.8 Å². The Morgan fingerprint density at radius 1 is 1.30 bits per heavy atom. The maximum absolute atomic E-state index is 13.2. The number of benzene rings is 1. The molecule has 1 aliphatic heterocycles. The van der Waals surface area contributed by atoms with E-state index < -0.39 is 17.3 Å². The first-order valence-electron chi connectivity index (χ1n) is 7.57. The van der Waals surface area contributed by atoms with Gasteiger partial charge in [-0.25, -0.2) is 0 Å². The van der Waals surface area contributed by atoms with Gasteiger partial charge in [-0.1, -0.05) is 0 Å². The summed E-state index contributed by atoms with van der Waals surface area (Å²) in [5.41, 5.74) is -1.03. The number of aliphatic hydroxyl groups is 1. The van der Waals surface area contributed by atoms with Crippen LogP contribution >= 0.6 is 0 Å². The second kappa shape index (κ2) is 5.72. The van der Waals surface area contributed by atoms with Crippen LogP contribution < -0.4 is 4.90 Å². The Balaban J connectivity index is 2.48. The minimum absolute atomic E-state index is 0.0214. The van der Waals surface area contributed by atoms with Crippen LogP contribution in [0.4, 0.5) is 18.9 Å². The van der Waals surface area contributed by atoms with Gasteiger partial charge >= 0.3 is 6.18 Å². The summed E-state index contributed by atoms with van der Waals surface area (Å²) in [7, 11) is 0. The highest BCUT2D eigenvalue weighted by molar-refractivity contribution is 5.61. The Bertz CT molecular complexity index is 641. The van der Waals surface area contributed by atoms with E-state index in [1.54, 1.807) is 26.8 Å². The fourth-order valence-electron chi connectivity index (χ4n) is 3.56. The molecule has 126 valence electrons. The third-order valence-corrected chi connectivity index (χ3v) is 4.73. The maximum Gasteiger partial charge on any atom is 0.417 e. The maximum atomic E-state index is 13.2. The number of halogens is 3. The second-order valence-corrected chi connectivity index (χ2v) is 6.78. The molecule has 0 amide bonds. The van der Waals surface area contributed by atoms with E-state index >= 15 is 0 Å². The van der Waals surface area contributed by atoms with E-state index in [-0.39, 0.29) is 17.5 Å². The minimum atomic E-state index is -4.56. The number of hydrogen-bond acceptors (Lipinski definition) is 3. The molecule has 3 nitrogen and oxygen atoms in total. The number of anilines is 1. The average Bonchev–Trinajstić information content (AvgIpc) is 2.78. The Labute approximate surface area is 134 Å². The Morgan fingerprint density at radius 3 is 2.35 bits per heavy atom. The third kappa shape index (κ3) is 3.30. The highest BCUT2D eigenvalue weighted by Gasteiger charge is 2.41. The largest absolute Gasteiger partial charge is 0.417 e. The van der Waals surface area contributed by atoms with E-state index in [0.29, 0.717) is 24.2 Å². The summed E-state index contributed by atoms with van der Waals surface area (Å²) >= 11 is 0. The molecule has 1 saturated heterocycles. The number of rotatable bonds is 2. The molecule has 0 radical (unpaired) electrons. The SMILES string of the molecule is Cc1cc(C#N)c(C(F)(F)F)cc1N1CC[C@H](C(C)(C)O)[C@@H]1C. The van der Waals surface area contributed by atoms with Crippen LogP contribution in [0.1, 0.15) is 43.9 Å². The summed E-state index contributed by atoms with van der Waals surface area (Å²) in [6.07, 6.45) is -3.85. The predicted octanol–water partition coefficient (Wildman–Crippen LogP) is 3.87. The predicted molar refractivity (Wildman–Crippen MR) is 82.1 cm³/mol. The van der Waals surface area contributed by atoms with Crippen LogP contribution in [-0.2, 0) is 6.18 Å². The normalized spacial score (nSPS) is 22.3. The van der Waals surface area contributed by atoms with Gasteiger partial charge in [-0.3, -0.25) is 0 Å². The van der Waals surface area contributed by atoms with Crippen LogP contribution in [0.25, 0.3) is 0 Å². The van der Waals surface area contributed by atoms with Crippen molar-refractivity contribution in [1.29, 1.82) is 5.26 Å². The van der Waals surface area contributed by atoms with Crippen molar-refractivity contribution < 1.29 is 18.3 Å². The van der Waals surface area contributed by atoms with Crippen LogP contribution in [0.15, 0.2) is 12.1 Å². The van der Waals surface area contributed by atoms with Crippen molar-refractivity contribution in [3.8, 4) is 6.07 Å². The number of alkyl halides is 3. The van der Waals surface area contributed by atoms with Crippen molar-refractivity contribution in [2.24, 2.45) is 5.92 Å². The molecule has 6 heteroatoms. The fraction of sp³-hybridized carbons (Fsp3) is 0.588. The quantitative estimate of drug-likeness (QED) is 0.897. The van der Waals surface area contributed by atoms with Crippen molar-refractivity contribution in [2.45, 2.75) is 51.9 Å². The van der Waals surface area contributed by atoms with E-state index in [4.69, 9.17) is 5.26 Å². The molecule has 0 aromatic heterocycles. The molecule has 1 heterocycles. The van der Waals surface area contributed by atoms with E-state index in [0.717, 1.165) is 6.07 Å². The second-order valence-electron chi connectivity index (χ2n) is 6.78. The van der Waals surface area contributed by atoms with Crippen molar-refractivity contribution in [1.82, 2.24) is 0 Å². The number of hydrogen-bond donors (Lipinski definition) is 1. The molecule has 1 N–H and O–H groups in total. The van der Waals surface area contributed by atoms with Crippen molar-refractivity contribution >= 4 is 5.69 Å². The van der Waals surface area contributed by atoms with Gasteiger partial charge in [0.25, 0.3) is 0 Å². The van der Waals surface area contributed by atoms with E-state index in [9.17, 15) is 18.3 Å². The molecule has 0 bridgehead atoms. The van der Waals surface area contributed by atoms with E-state index in [1.165, 1.54) is 6.07 Å². The molecule has 2 atom stereocenters. The van der Waals surface area contributed by atoms with Gasteiger partial charge in [0.1, 0.15) is 0 Å². The van der Waals surface area contributed by atoms with Gasteiger partial charge in [0.2, 0.25) is 0 Å². The molecule has 1 fully saturated rings. The van der Waals surface area contributed by atoms with Gasteiger partial charge in [0.15, 0.2) is 0 Å². The van der Waals surface area contributed by atoms with Gasteiger partial charge in [0, 0.05) is 24.2 Å². The summed E-state index contributed by atoms with van der Waals surface area (Å²) < 4.78 is 39.6. The Kier molecular flexibility index (Phi) is 4.38. The Hall–Kier alpha value is -1.74. The fourth-order valence-corrected chi connectivity index (χ4v) is 3.56. The average molecular weight is 326 g/mol. The van der Waals surface area contributed by atoms with Crippen LogP contribution in [0, 0.1) is 24.2 Å². The molecule has 2 rings (SSSR count). The molecule has 0 aliphatic carbocycles. The van der Waals surface area contributed by atoms with Crippen LogP contribution in [0.5, 0.6) is 0 Å². The first-order chi connectivity index (χ1) is 10.5. The van der Waals surface area contributed by atoms with Crippen molar-refractivity contribution in [2.75, 3.05) is 11.4 Å². The lowest BCUT2D eigenvalue weighted by atomic mass is 9.85. The first kappa shape index (κ1) is 17.6. The van der Waals surface area contributed by atoms with Gasteiger partial charge in [-0.05, 0) is 51.8 Å². The van der Waals surface area contributed by atoms with Gasteiger partial charge < -0.3 is 10.0 Å². The van der Waals surface area contributed by atoms with Gasteiger partial charge in [0.05, 0.1) is 22.8 Å². The summed E-state index contributed by atoms with van der Waals surface area (Å²) in [4.78, 5) is 1.90. The molecular weight excluding hydrogens is 305 g/mol. The zero-order valence-electron chi connectivity index (χ0n) is 13.7. The van der Waals surface area contributed by atoms with Crippen LogP contribution in [0.2, 0.25) is 0 Å². The van der Waals surface area contributed by atoms with Gasteiger partial charge in [-0.2, -0.15) is 18.4 Å². The molecular formula is C17H21F3N2O. The molecule has 0 spiro atoms. The van der Waals surface area contributed by atoms with Crippen LogP contribution in [-0.4, -0.2) is 23.3 Å². The molecule has 0 saturated carbocycles. The number of aryl methyl sites for hydroxylation is 1.